The van der Waals surface area contributed by atoms with Crippen molar-refractivity contribution in [1.29, 1.82) is 5.26 Å². The number of nitrogens with zero attached hydrogens (tertiary/aromatic N) is 1. The standard InChI is InChI=1S/C11H22N2O2/c1-4-6-13-11(2,10-12)5-7-15-9-8-14-3/h13H,4-9H2,1-3H3. The van der Waals surface area contributed by atoms with E-state index in [1.807, 2.05) is 6.92 Å². The Kier molecular flexibility index (Phi) is 8.30. The maximum Gasteiger partial charge on any atom is 0.106 e. The maximum atomic E-state index is 9.02. The van der Waals surface area contributed by atoms with Crippen molar-refractivity contribution in [2.75, 3.05) is 33.5 Å². The van der Waals surface area contributed by atoms with Crippen LogP contribution >= 0.6 is 0 Å². The second kappa shape index (κ2) is 8.66. The summed E-state index contributed by atoms with van der Waals surface area (Å²) < 4.78 is 10.2. The minimum absolute atomic E-state index is 0.469. The smallest absolute Gasteiger partial charge is 0.106 e. The highest BCUT2D eigenvalue weighted by molar-refractivity contribution is 5.03. The van der Waals surface area contributed by atoms with E-state index in [9.17, 15) is 0 Å². The van der Waals surface area contributed by atoms with Crippen LogP contribution in [0.2, 0.25) is 0 Å². The van der Waals surface area contributed by atoms with Gasteiger partial charge in [0.25, 0.3) is 0 Å². The van der Waals surface area contributed by atoms with E-state index >= 15 is 0 Å². The maximum absolute atomic E-state index is 9.02. The first-order valence-corrected chi connectivity index (χ1v) is 5.41. The van der Waals surface area contributed by atoms with Gasteiger partial charge in [-0.3, -0.25) is 5.32 Å². The molecule has 0 fully saturated rings. The molecular weight excluding hydrogens is 192 g/mol. The van der Waals surface area contributed by atoms with Gasteiger partial charge in [-0.2, -0.15) is 5.26 Å². The fourth-order valence-corrected chi connectivity index (χ4v) is 1.11. The number of ether oxygens (including phenoxy) is 2. The van der Waals surface area contributed by atoms with E-state index in [2.05, 4.69) is 18.3 Å². The predicted molar refractivity (Wildman–Crippen MR) is 59.6 cm³/mol. The first-order valence-electron chi connectivity index (χ1n) is 5.41. The SMILES string of the molecule is CCCNC(C)(C#N)CCOCCOC. The Labute approximate surface area is 92.6 Å². The first kappa shape index (κ1) is 14.4. The molecule has 0 aromatic heterocycles. The van der Waals surface area contributed by atoms with Crippen molar-refractivity contribution in [1.82, 2.24) is 5.32 Å². The third-order valence-electron chi connectivity index (χ3n) is 2.19. The number of nitriles is 1. The molecule has 0 bridgehead atoms. The Bertz CT molecular complexity index is 192. The largest absolute Gasteiger partial charge is 0.382 e. The summed E-state index contributed by atoms with van der Waals surface area (Å²) in [7, 11) is 1.64. The van der Waals surface area contributed by atoms with E-state index in [1.54, 1.807) is 7.11 Å². The molecule has 0 rings (SSSR count). The Balaban J connectivity index is 3.64. The molecule has 0 radical (unpaired) electrons. The van der Waals surface area contributed by atoms with Crippen molar-refractivity contribution >= 4 is 0 Å². The second-order valence-electron chi connectivity index (χ2n) is 3.73. The van der Waals surface area contributed by atoms with Crippen LogP contribution in [-0.2, 0) is 9.47 Å². The third kappa shape index (κ3) is 7.32. The monoisotopic (exact) mass is 214 g/mol. The number of nitrogens with one attached hydrogen (secondary N) is 1. The van der Waals surface area contributed by atoms with Crippen LogP contribution in [0, 0.1) is 11.3 Å². The summed E-state index contributed by atoms with van der Waals surface area (Å²) in [5.41, 5.74) is -0.469. The highest BCUT2D eigenvalue weighted by atomic mass is 16.5. The normalized spacial score (nSPS) is 14.5. The molecule has 0 aliphatic rings. The zero-order valence-electron chi connectivity index (χ0n) is 10.0. The fourth-order valence-electron chi connectivity index (χ4n) is 1.11. The van der Waals surface area contributed by atoms with Gasteiger partial charge in [0, 0.05) is 20.1 Å². The summed E-state index contributed by atoms with van der Waals surface area (Å²) in [4.78, 5) is 0. The lowest BCUT2D eigenvalue weighted by Gasteiger charge is -2.22. The topological polar surface area (TPSA) is 54.3 Å². The number of hydrogen-bond donors (Lipinski definition) is 1. The quantitative estimate of drug-likeness (QED) is 0.588. The average Bonchev–Trinajstić information content (AvgIpc) is 2.26. The van der Waals surface area contributed by atoms with E-state index < -0.39 is 5.54 Å². The number of methoxy groups -OCH3 is 1. The van der Waals surface area contributed by atoms with Crippen molar-refractivity contribution < 1.29 is 9.47 Å². The van der Waals surface area contributed by atoms with Crippen molar-refractivity contribution in [3.63, 3.8) is 0 Å². The lowest BCUT2D eigenvalue weighted by molar-refractivity contribution is 0.0631. The summed E-state index contributed by atoms with van der Waals surface area (Å²) in [5.74, 6) is 0. The van der Waals surface area contributed by atoms with Crippen molar-refractivity contribution in [2.45, 2.75) is 32.2 Å². The van der Waals surface area contributed by atoms with Crippen molar-refractivity contribution in [3.8, 4) is 6.07 Å². The molecular formula is C11H22N2O2. The molecule has 0 heterocycles. The lowest BCUT2D eigenvalue weighted by atomic mass is 10.0. The van der Waals surface area contributed by atoms with Gasteiger partial charge in [-0.05, 0) is 19.9 Å². The Morgan fingerprint density at radius 3 is 2.60 bits per heavy atom. The van der Waals surface area contributed by atoms with Crippen LogP contribution in [-0.4, -0.2) is 39.0 Å². The van der Waals surface area contributed by atoms with E-state index in [0.717, 1.165) is 13.0 Å². The molecule has 4 heteroatoms. The second-order valence-corrected chi connectivity index (χ2v) is 3.73. The van der Waals surface area contributed by atoms with E-state index in [4.69, 9.17) is 14.7 Å². The van der Waals surface area contributed by atoms with Crippen LogP contribution in [0.5, 0.6) is 0 Å². The molecule has 0 aromatic carbocycles. The number of hydrogen-bond acceptors (Lipinski definition) is 4. The van der Waals surface area contributed by atoms with Crippen molar-refractivity contribution in [2.24, 2.45) is 0 Å². The summed E-state index contributed by atoms with van der Waals surface area (Å²) in [5, 5.41) is 12.2. The molecule has 0 aliphatic carbocycles. The van der Waals surface area contributed by atoms with Crippen LogP contribution in [0.1, 0.15) is 26.7 Å². The molecule has 1 unspecified atom stereocenters. The van der Waals surface area contributed by atoms with Gasteiger partial charge in [-0.1, -0.05) is 6.92 Å². The lowest BCUT2D eigenvalue weighted by Crippen LogP contribution is -2.42. The highest BCUT2D eigenvalue weighted by Gasteiger charge is 2.21. The van der Waals surface area contributed by atoms with E-state index in [-0.39, 0.29) is 0 Å². The molecule has 88 valence electrons. The summed E-state index contributed by atoms with van der Waals surface area (Å²) in [6, 6.07) is 2.28. The zero-order chi connectivity index (χ0) is 11.6. The molecule has 0 aromatic rings. The van der Waals surface area contributed by atoms with Gasteiger partial charge in [-0.15, -0.1) is 0 Å². The van der Waals surface area contributed by atoms with Gasteiger partial charge in [0.2, 0.25) is 0 Å². The Morgan fingerprint density at radius 1 is 1.33 bits per heavy atom. The molecule has 0 saturated carbocycles. The van der Waals surface area contributed by atoms with Gasteiger partial charge >= 0.3 is 0 Å². The van der Waals surface area contributed by atoms with Gasteiger partial charge < -0.3 is 9.47 Å². The molecule has 0 spiro atoms. The van der Waals surface area contributed by atoms with Gasteiger partial charge in [0.15, 0.2) is 0 Å². The van der Waals surface area contributed by atoms with Gasteiger partial charge in [0.05, 0.1) is 19.3 Å². The molecule has 15 heavy (non-hydrogen) atoms. The zero-order valence-corrected chi connectivity index (χ0v) is 10.0. The van der Waals surface area contributed by atoms with Crippen LogP contribution in [0.25, 0.3) is 0 Å². The molecule has 1 atom stereocenters. The molecule has 1 N–H and O–H groups in total. The van der Waals surface area contributed by atoms with E-state index in [1.165, 1.54) is 0 Å². The van der Waals surface area contributed by atoms with Crippen LogP contribution < -0.4 is 5.32 Å². The minimum Gasteiger partial charge on any atom is -0.382 e. The Morgan fingerprint density at radius 2 is 2.07 bits per heavy atom. The minimum atomic E-state index is -0.469. The summed E-state index contributed by atoms with van der Waals surface area (Å²) in [6.07, 6.45) is 1.73. The summed E-state index contributed by atoms with van der Waals surface area (Å²) in [6.45, 7) is 6.63. The predicted octanol–water partition coefficient (Wildman–Crippen LogP) is 1.32. The van der Waals surface area contributed by atoms with Crippen molar-refractivity contribution in [3.05, 3.63) is 0 Å². The highest BCUT2D eigenvalue weighted by Crippen LogP contribution is 2.08. The molecule has 4 nitrogen and oxygen atoms in total. The molecule has 0 aliphatic heterocycles. The first-order chi connectivity index (χ1) is 7.18. The van der Waals surface area contributed by atoms with Crippen LogP contribution in [0.3, 0.4) is 0 Å². The Hall–Kier alpha value is -0.630. The van der Waals surface area contributed by atoms with Gasteiger partial charge in [0.1, 0.15) is 5.54 Å². The van der Waals surface area contributed by atoms with Crippen LogP contribution in [0.4, 0.5) is 0 Å². The average molecular weight is 214 g/mol. The fraction of sp³-hybridized carbons (Fsp3) is 0.909. The molecule has 0 amide bonds. The third-order valence-corrected chi connectivity index (χ3v) is 2.19. The molecule has 0 saturated heterocycles. The number of rotatable bonds is 9. The van der Waals surface area contributed by atoms with Gasteiger partial charge in [-0.25, -0.2) is 0 Å². The van der Waals surface area contributed by atoms with Crippen LogP contribution in [0.15, 0.2) is 0 Å². The summed E-state index contributed by atoms with van der Waals surface area (Å²) >= 11 is 0. The van der Waals surface area contributed by atoms with E-state index in [0.29, 0.717) is 26.2 Å².